The highest BCUT2D eigenvalue weighted by Gasteiger charge is 2.07. The highest BCUT2D eigenvalue weighted by molar-refractivity contribution is 8.00. The van der Waals surface area contributed by atoms with Gasteiger partial charge in [0.15, 0.2) is 0 Å². The minimum absolute atomic E-state index is 0.102. The number of nitrogens with two attached hydrogens (primary N) is 1. The number of hydrogen-bond donors (Lipinski definition) is 1. The molecule has 1 amide bonds. The number of primary amides is 1. The number of ether oxygens (including phenoxy) is 1. The Morgan fingerprint density at radius 1 is 1.80 bits per heavy atom. The van der Waals surface area contributed by atoms with Gasteiger partial charge in [0.1, 0.15) is 0 Å². The lowest BCUT2D eigenvalue weighted by molar-refractivity contribution is -0.117. The maximum Gasteiger partial charge on any atom is 0.230 e. The van der Waals surface area contributed by atoms with Gasteiger partial charge in [0.25, 0.3) is 0 Å². The van der Waals surface area contributed by atoms with Gasteiger partial charge in [-0.25, -0.2) is 0 Å². The average Bonchev–Trinajstić information content (AvgIpc) is 1.88. The largest absolute Gasteiger partial charge is 0.384 e. The van der Waals surface area contributed by atoms with Crippen LogP contribution in [0.25, 0.3) is 0 Å². The molecule has 0 fully saturated rings. The van der Waals surface area contributed by atoms with E-state index in [1.807, 2.05) is 0 Å². The van der Waals surface area contributed by atoms with Gasteiger partial charge in [-0.05, 0) is 6.92 Å². The van der Waals surface area contributed by atoms with E-state index in [1.54, 1.807) is 14.0 Å². The van der Waals surface area contributed by atoms with Crippen LogP contribution in [0.2, 0.25) is 0 Å². The second-order valence-electron chi connectivity index (χ2n) is 1.91. The summed E-state index contributed by atoms with van der Waals surface area (Å²) in [4.78, 5) is 10.5. The van der Waals surface area contributed by atoms with E-state index in [2.05, 4.69) is 0 Å². The second-order valence-corrected chi connectivity index (χ2v) is 3.36. The lowest BCUT2D eigenvalue weighted by atomic mass is 10.5. The van der Waals surface area contributed by atoms with Crippen LogP contribution in [0.1, 0.15) is 6.92 Å². The van der Waals surface area contributed by atoms with Gasteiger partial charge in [-0.3, -0.25) is 4.79 Å². The van der Waals surface area contributed by atoms with Crippen LogP contribution < -0.4 is 5.73 Å². The first-order valence-corrected chi connectivity index (χ1v) is 4.13. The van der Waals surface area contributed by atoms with Gasteiger partial charge in [-0.15, -0.1) is 11.8 Å². The highest BCUT2D eigenvalue weighted by Crippen LogP contribution is 2.08. The summed E-state index contributed by atoms with van der Waals surface area (Å²) in [6, 6.07) is 0. The Kier molecular flexibility index (Phi) is 5.43. The summed E-state index contributed by atoms with van der Waals surface area (Å²) in [7, 11) is 1.63. The third kappa shape index (κ3) is 4.64. The molecule has 0 saturated carbocycles. The molecule has 0 radical (unpaired) electrons. The van der Waals surface area contributed by atoms with Crippen LogP contribution in [0.5, 0.6) is 0 Å². The van der Waals surface area contributed by atoms with E-state index in [0.717, 1.165) is 5.75 Å². The third-order valence-corrected chi connectivity index (χ3v) is 2.19. The van der Waals surface area contributed by atoms with Gasteiger partial charge in [-0.1, -0.05) is 0 Å². The van der Waals surface area contributed by atoms with E-state index in [-0.39, 0.29) is 11.2 Å². The van der Waals surface area contributed by atoms with E-state index in [4.69, 9.17) is 10.5 Å². The Balaban J connectivity index is 3.21. The molecule has 60 valence electrons. The van der Waals surface area contributed by atoms with Gasteiger partial charge in [0.2, 0.25) is 5.91 Å². The van der Waals surface area contributed by atoms with E-state index in [1.165, 1.54) is 11.8 Å². The predicted octanol–water partition coefficient (Wildman–Crippen LogP) is 0.240. The van der Waals surface area contributed by atoms with Crippen molar-refractivity contribution in [3.63, 3.8) is 0 Å². The number of hydrogen-bond acceptors (Lipinski definition) is 3. The number of amides is 1. The molecule has 3 nitrogen and oxygen atoms in total. The second kappa shape index (κ2) is 5.56. The Morgan fingerprint density at radius 3 is 2.80 bits per heavy atom. The molecule has 0 rings (SSSR count). The molecule has 0 bridgehead atoms. The molecule has 2 N–H and O–H groups in total. The summed E-state index contributed by atoms with van der Waals surface area (Å²) in [6.45, 7) is 2.46. The van der Waals surface area contributed by atoms with Gasteiger partial charge in [-0.2, -0.15) is 0 Å². The van der Waals surface area contributed by atoms with Crippen LogP contribution >= 0.6 is 11.8 Å². The summed E-state index contributed by atoms with van der Waals surface area (Å²) in [5.41, 5.74) is 5.02. The van der Waals surface area contributed by atoms with Gasteiger partial charge in [0, 0.05) is 12.9 Å². The quantitative estimate of drug-likeness (QED) is 0.591. The molecule has 0 aromatic rings. The van der Waals surface area contributed by atoms with E-state index in [9.17, 15) is 4.79 Å². The Hall–Kier alpha value is -0.220. The SMILES string of the molecule is COCCSC(C)C(N)=O. The van der Waals surface area contributed by atoms with E-state index < -0.39 is 0 Å². The van der Waals surface area contributed by atoms with Crippen LogP contribution in [0, 0.1) is 0 Å². The molecule has 0 aromatic carbocycles. The van der Waals surface area contributed by atoms with Gasteiger partial charge >= 0.3 is 0 Å². The van der Waals surface area contributed by atoms with Gasteiger partial charge < -0.3 is 10.5 Å². The number of carbonyl (C=O) groups excluding carboxylic acids is 1. The molecule has 10 heavy (non-hydrogen) atoms. The van der Waals surface area contributed by atoms with Crippen molar-refractivity contribution >= 4 is 17.7 Å². The molecule has 1 atom stereocenters. The fraction of sp³-hybridized carbons (Fsp3) is 0.833. The maximum atomic E-state index is 10.5. The van der Waals surface area contributed by atoms with Crippen molar-refractivity contribution in [1.82, 2.24) is 0 Å². The van der Waals surface area contributed by atoms with Crippen LogP contribution in [-0.2, 0) is 9.53 Å². The summed E-state index contributed by atoms with van der Waals surface area (Å²) >= 11 is 1.51. The van der Waals surface area contributed by atoms with Crippen molar-refractivity contribution in [1.29, 1.82) is 0 Å². The number of carbonyl (C=O) groups is 1. The molecule has 0 aliphatic heterocycles. The monoisotopic (exact) mass is 163 g/mol. The lowest BCUT2D eigenvalue weighted by Crippen LogP contribution is -2.23. The molecule has 0 saturated heterocycles. The smallest absolute Gasteiger partial charge is 0.230 e. The van der Waals surface area contributed by atoms with Crippen molar-refractivity contribution in [3.8, 4) is 0 Å². The molecule has 1 unspecified atom stereocenters. The molecule has 0 aromatic heterocycles. The normalized spacial score (nSPS) is 13.0. The number of methoxy groups -OCH3 is 1. The zero-order valence-corrected chi connectivity index (χ0v) is 7.11. The summed E-state index contributed by atoms with van der Waals surface area (Å²) in [6.07, 6.45) is 0. The summed E-state index contributed by atoms with van der Waals surface area (Å²) in [5.74, 6) is 0.557. The lowest BCUT2D eigenvalue weighted by Gasteiger charge is -2.04. The molecular weight excluding hydrogens is 150 g/mol. The average molecular weight is 163 g/mol. The van der Waals surface area contributed by atoms with Crippen molar-refractivity contribution in [2.24, 2.45) is 5.73 Å². The van der Waals surface area contributed by atoms with Gasteiger partial charge in [0.05, 0.1) is 11.9 Å². The third-order valence-electron chi connectivity index (χ3n) is 1.06. The predicted molar refractivity (Wildman–Crippen MR) is 43.0 cm³/mol. The molecule has 0 aliphatic carbocycles. The Morgan fingerprint density at radius 2 is 2.40 bits per heavy atom. The Labute approximate surface area is 65.3 Å². The first kappa shape index (κ1) is 9.78. The van der Waals surface area contributed by atoms with Crippen molar-refractivity contribution < 1.29 is 9.53 Å². The zero-order valence-electron chi connectivity index (χ0n) is 6.29. The molecule has 0 spiro atoms. The standard InChI is InChI=1S/C6H13NO2S/c1-5(6(7)8)10-4-3-9-2/h5H,3-4H2,1-2H3,(H2,7,8). The number of thioether (sulfide) groups is 1. The fourth-order valence-electron chi connectivity index (χ4n) is 0.390. The minimum Gasteiger partial charge on any atom is -0.384 e. The topological polar surface area (TPSA) is 52.3 Å². The van der Waals surface area contributed by atoms with Crippen LogP contribution in [-0.4, -0.2) is 30.6 Å². The van der Waals surface area contributed by atoms with E-state index >= 15 is 0 Å². The fourth-order valence-corrected chi connectivity index (χ4v) is 1.17. The van der Waals surface area contributed by atoms with Crippen molar-refractivity contribution in [3.05, 3.63) is 0 Å². The molecule has 0 aliphatic rings. The first-order chi connectivity index (χ1) is 4.68. The molecule has 0 heterocycles. The summed E-state index contributed by atoms with van der Waals surface area (Å²) in [5, 5.41) is -0.102. The molecular formula is C6H13NO2S. The highest BCUT2D eigenvalue weighted by atomic mass is 32.2. The van der Waals surface area contributed by atoms with Crippen molar-refractivity contribution in [2.75, 3.05) is 19.5 Å². The minimum atomic E-state index is -0.263. The molecule has 4 heteroatoms. The zero-order chi connectivity index (χ0) is 7.98. The van der Waals surface area contributed by atoms with E-state index in [0.29, 0.717) is 6.61 Å². The number of rotatable bonds is 5. The first-order valence-electron chi connectivity index (χ1n) is 3.08. The van der Waals surface area contributed by atoms with Crippen LogP contribution in [0.4, 0.5) is 0 Å². The Bertz CT molecular complexity index is 108. The van der Waals surface area contributed by atoms with Crippen LogP contribution in [0.3, 0.4) is 0 Å². The van der Waals surface area contributed by atoms with Crippen LogP contribution in [0.15, 0.2) is 0 Å². The summed E-state index contributed by atoms with van der Waals surface area (Å²) < 4.78 is 4.80. The maximum absolute atomic E-state index is 10.5. The van der Waals surface area contributed by atoms with Crippen molar-refractivity contribution in [2.45, 2.75) is 12.2 Å².